The lowest BCUT2D eigenvalue weighted by Gasteiger charge is -2.30. The van der Waals surface area contributed by atoms with Gasteiger partial charge < -0.3 is 16.0 Å². The number of aromatic nitrogens is 1. The zero-order chi connectivity index (χ0) is 12.3. The molecule has 5 heteroatoms. The van der Waals surface area contributed by atoms with Crippen LogP contribution in [0.5, 0.6) is 0 Å². The van der Waals surface area contributed by atoms with Crippen molar-refractivity contribution in [2.45, 2.75) is 18.9 Å². The van der Waals surface area contributed by atoms with Gasteiger partial charge in [-0.15, -0.1) is 0 Å². The number of hydrogen-bond donors (Lipinski definition) is 2. The van der Waals surface area contributed by atoms with Gasteiger partial charge in [0.25, 0.3) is 0 Å². The van der Waals surface area contributed by atoms with Crippen molar-refractivity contribution in [1.82, 2.24) is 9.88 Å². The molecule has 0 atom stereocenters. The smallest absolute Gasteiger partial charge is 0.150 e. The van der Waals surface area contributed by atoms with Crippen LogP contribution in [0.4, 0.5) is 11.5 Å². The van der Waals surface area contributed by atoms with E-state index in [1.165, 1.54) is 0 Å². The maximum atomic E-state index is 8.89. The molecule has 1 aromatic rings. The fourth-order valence-electron chi connectivity index (χ4n) is 2.03. The lowest BCUT2D eigenvalue weighted by molar-refractivity contribution is 0.263. The molecule has 2 rings (SSSR count). The third kappa shape index (κ3) is 2.66. The lowest BCUT2D eigenvalue weighted by atomic mass is 10.1. The van der Waals surface area contributed by atoms with Gasteiger partial charge in [0, 0.05) is 12.2 Å². The quantitative estimate of drug-likeness (QED) is 0.795. The molecule has 1 saturated heterocycles. The molecule has 90 valence electrons. The molecule has 17 heavy (non-hydrogen) atoms. The van der Waals surface area contributed by atoms with E-state index in [-0.39, 0.29) is 0 Å². The first kappa shape index (κ1) is 11.7. The summed E-state index contributed by atoms with van der Waals surface area (Å²) in [4.78, 5) is 6.51. The number of rotatable bonds is 2. The third-order valence-corrected chi connectivity index (χ3v) is 3.17. The number of nitrogens with two attached hydrogens (primary N) is 1. The zero-order valence-electron chi connectivity index (χ0n) is 9.98. The van der Waals surface area contributed by atoms with Crippen LogP contribution < -0.4 is 11.1 Å². The molecule has 0 amide bonds. The van der Waals surface area contributed by atoms with E-state index >= 15 is 0 Å². The molecule has 0 aromatic carbocycles. The Hall–Kier alpha value is -1.80. The Morgan fingerprint density at radius 1 is 1.53 bits per heavy atom. The number of nitrogen functional groups attached to an aromatic ring is 1. The van der Waals surface area contributed by atoms with Crippen molar-refractivity contribution in [2.24, 2.45) is 0 Å². The predicted molar refractivity (Wildman–Crippen MR) is 67.5 cm³/mol. The fraction of sp³-hybridized carbons (Fsp3) is 0.500. The minimum Gasteiger partial charge on any atom is -0.395 e. The lowest BCUT2D eigenvalue weighted by Crippen LogP contribution is -2.37. The van der Waals surface area contributed by atoms with Crippen molar-refractivity contribution in [3.8, 4) is 6.07 Å². The maximum Gasteiger partial charge on any atom is 0.150 e. The van der Waals surface area contributed by atoms with Crippen molar-refractivity contribution in [3.05, 3.63) is 17.8 Å². The topological polar surface area (TPSA) is 78.0 Å². The first-order chi connectivity index (χ1) is 8.20. The average Bonchev–Trinajstić information content (AvgIpc) is 2.35. The van der Waals surface area contributed by atoms with Gasteiger partial charge in [0.05, 0.1) is 11.3 Å². The van der Waals surface area contributed by atoms with Crippen LogP contribution in [0.1, 0.15) is 18.4 Å². The number of anilines is 2. The van der Waals surface area contributed by atoms with E-state index in [2.05, 4.69) is 28.3 Å². The summed E-state index contributed by atoms with van der Waals surface area (Å²) in [5, 5.41) is 12.2. The summed E-state index contributed by atoms with van der Waals surface area (Å²) >= 11 is 0. The van der Waals surface area contributed by atoms with Crippen molar-refractivity contribution in [2.75, 3.05) is 31.2 Å². The molecule has 0 unspecified atom stereocenters. The number of pyridine rings is 1. The third-order valence-electron chi connectivity index (χ3n) is 3.17. The van der Waals surface area contributed by atoms with Crippen LogP contribution in [0.3, 0.4) is 0 Å². The second-order valence-corrected chi connectivity index (χ2v) is 4.45. The molecule has 0 saturated carbocycles. The highest BCUT2D eigenvalue weighted by Crippen LogP contribution is 2.22. The van der Waals surface area contributed by atoms with E-state index in [1.54, 1.807) is 12.3 Å². The Balaban J connectivity index is 2.06. The molecule has 0 bridgehead atoms. The van der Waals surface area contributed by atoms with Gasteiger partial charge in [-0.25, -0.2) is 4.98 Å². The van der Waals surface area contributed by atoms with E-state index in [4.69, 9.17) is 11.0 Å². The predicted octanol–water partition coefficient (Wildman–Crippen LogP) is 1.04. The Bertz CT molecular complexity index is 429. The van der Waals surface area contributed by atoms with Gasteiger partial charge in [-0.3, -0.25) is 0 Å². The molecule has 0 radical (unpaired) electrons. The fourth-order valence-corrected chi connectivity index (χ4v) is 2.03. The Kier molecular flexibility index (Phi) is 3.45. The molecule has 1 aliphatic rings. The highest BCUT2D eigenvalue weighted by atomic mass is 15.1. The van der Waals surface area contributed by atoms with Gasteiger partial charge in [-0.1, -0.05) is 0 Å². The largest absolute Gasteiger partial charge is 0.395 e. The van der Waals surface area contributed by atoms with Crippen LogP contribution in [-0.2, 0) is 0 Å². The van der Waals surface area contributed by atoms with Gasteiger partial charge in [-0.2, -0.15) is 5.26 Å². The van der Waals surface area contributed by atoms with Crippen molar-refractivity contribution >= 4 is 11.5 Å². The van der Waals surface area contributed by atoms with Crippen LogP contribution >= 0.6 is 0 Å². The van der Waals surface area contributed by atoms with Gasteiger partial charge in [0.15, 0.2) is 5.82 Å². The summed E-state index contributed by atoms with van der Waals surface area (Å²) in [5.41, 5.74) is 6.81. The van der Waals surface area contributed by atoms with Crippen LogP contribution in [0, 0.1) is 11.3 Å². The van der Waals surface area contributed by atoms with Crippen molar-refractivity contribution < 1.29 is 0 Å². The van der Waals surface area contributed by atoms with E-state index < -0.39 is 0 Å². The standard InChI is InChI=1S/C12H17N5/c1-17-6-3-10(4-7-17)16-12-11(14)9(8-13)2-5-15-12/h2,5,10H,3-4,6-7,14H2,1H3,(H,15,16). The molecule has 1 aromatic heterocycles. The molecule has 0 aliphatic carbocycles. The average molecular weight is 231 g/mol. The van der Waals surface area contributed by atoms with Crippen molar-refractivity contribution in [1.29, 1.82) is 5.26 Å². The van der Waals surface area contributed by atoms with Gasteiger partial charge >= 0.3 is 0 Å². The first-order valence-electron chi connectivity index (χ1n) is 5.80. The van der Waals surface area contributed by atoms with Crippen LogP contribution in [0.25, 0.3) is 0 Å². The van der Waals surface area contributed by atoms with Crippen molar-refractivity contribution in [3.63, 3.8) is 0 Å². The Morgan fingerprint density at radius 3 is 2.88 bits per heavy atom. The number of nitriles is 1. The Morgan fingerprint density at radius 2 is 2.24 bits per heavy atom. The number of likely N-dealkylation sites (tertiary alicyclic amines) is 1. The maximum absolute atomic E-state index is 8.89. The normalized spacial score (nSPS) is 17.6. The van der Waals surface area contributed by atoms with Gasteiger partial charge in [-0.05, 0) is 39.0 Å². The number of nitrogens with one attached hydrogen (secondary N) is 1. The number of hydrogen-bond acceptors (Lipinski definition) is 5. The van der Waals surface area contributed by atoms with Gasteiger partial charge in [0.2, 0.25) is 0 Å². The monoisotopic (exact) mass is 231 g/mol. The van der Waals surface area contributed by atoms with E-state index in [0.29, 0.717) is 23.1 Å². The highest BCUT2D eigenvalue weighted by Gasteiger charge is 2.18. The first-order valence-corrected chi connectivity index (χ1v) is 5.80. The summed E-state index contributed by atoms with van der Waals surface area (Å²) in [5.74, 6) is 0.638. The highest BCUT2D eigenvalue weighted by molar-refractivity contribution is 5.69. The van der Waals surface area contributed by atoms with Crippen LogP contribution in [0.2, 0.25) is 0 Å². The molecule has 1 aliphatic heterocycles. The summed E-state index contributed by atoms with van der Waals surface area (Å²) < 4.78 is 0. The summed E-state index contributed by atoms with van der Waals surface area (Å²) in [6, 6.07) is 4.10. The summed E-state index contributed by atoms with van der Waals surface area (Å²) in [7, 11) is 2.12. The second-order valence-electron chi connectivity index (χ2n) is 4.45. The molecular weight excluding hydrogens is 214 g/mol. The molecule has 3 N–H and O–H groups in total. The van der Waals surface area contributed by atoms with Crippen LogP contribution in [0.15, 0.2) is 12.3 Å². The molecule has 2 heterocycles. The molecular formula is C12H17N5. The van der Waals surface area contributed by atoms with Gasteiger partial charge in [0.1, 0.15) is 6.07 Å². The molecule has 5 nitrogen and oxygen atoms in total. The zero-order valence-corrected chi connectivity index (χ0v) is 9.98. The second kappa shape index (κ2) is 5.02. The van der Waals surface area contributed by atoms with Crippen LogP contribution in [-0.4, -0.2) is 36.1 Å². The summed E-state index contributed by atoms with van der Waals surface area (Å²) in [6.45, 7) is 2.16. The minimum atomic E-state index is 0.398. The van der Waals surface area contributed by atoms with E-state index in [0.717, 1.165) is 25.9 Å². The SMILES string of the molecule is CN1CCC(Nc2nccc(C#N)c2N)CC1. The minimum absolute atomic E-state index is 0.398. The Labute approximate surface area is 101 Å². The van der Waals surface area contributed by atoms with E-state index in [9.17, 15) is 0 Å². The van der Waals surface area contributed by atoms with E-state index in [1.807, 2.05) is 0 Å². The number of piperidine rings is 1. The number of nitrogens with zero attached hydrogens (tertiary/aromatic N) is 3. The molecule has 1 fully saturated rings. The molecule has 0 spiro atoms. The summed E-state index contributed by atoms with van der Waals surface area (Å²) in [6.07, 6.45) is 3.77.